The van der Waals surface area contributed by atoms with Gasteiger partial charge in [-0.15, -0.1) is 10.2 Å². The van der Waals surface area contributed by atoms with Gasteiger partial charge in [0.2, 0.25) is 16.9 Å². The van der Waals surface area contributed by atoms with Gasteiger partial charge in [-0.2, -0.15) is 0 Å². The van der Waals surface area contributed by atoms with Crippen LogP contribution in [0.5, 0.6) is 0 Å². The highest BCUT2D eigenvalue weighted by molar-refractivity contribution is 7.91. The second-order valence-corrected chi connectivity index (χ2v) is 10.9. The Morgan fingerprint density at radius 1 is 1.12 bits per heavy atom. The van der Waals surface area contributed by atoms with E-state index in [1.165, 1.54) is 29.0 Å². The average molecular weight is 485 g/mol. The standard InChI is InChI=1S/C23H24N4O4S2/c1-2-16-8-10-18(11-9-16)27-15-17(14-21(27)29)22-25-26-23(32-22)24-20(28)12-13-33(30,31)19-6-4-3-5-7-19/h3-11,17H,2,12-15H2,1H3,(H,24,26,28)/t17-/m0/s1. The second kappa shape index (κ2) is 9.80. The molecule has 1 aliphatic heterocycles. The summed E-state index contributed by atoms with van der Waals surface area (Å²) in [6, 6.07) is 16.0. The minimum Gasteiger partial charge on any atom is -0.312 e. The van der Waals surface area contributed by atoms with Gasteiger partial charge in [0.1, 0.15) is 5.01 Å². The molecule has 33 heavy (non-hydrogen) atoms. The lowest BCUT2D eigenvalue weighted by Crippen LogP contribution is -2.24. The third kappa shape index (κ3) is 5.45. The van der Waals surface area contributed by atoms with Crippen LogP contribution in [0.15, 0.2) is 59.5 Å². The van der Waals surface area contributed by atoms with Crippen LogP contribution in [0.2, 0.25) is 0 Å². The molecule has 172 valence electrons. The summed E-state index contributed by atoms with van der Waals surface area (Å²) in [5.41, 5.74) is 2.07. The van der Waals surface area contributed by atoms with E-state index in [1.807, 2.05) is 24.3 Å². The Labute approximate surface area is 196 Å². The summed E-state index contributed by atoms with van der Waals surface area (Å²) in [6.07, 6.45) is 1.08. The van der Waals surface area contributed by atoms with Gasteiger partial charge in [-0.3, -0.25) is 9.59 Å². The van der Waals surface area contributed by atoms with Crippen LogP contribution in [0.25, 0.3) is 0 Å². The fourth-order valence-electron chi connectivity index (χ4n) is 3.64. The molecule has 0 unspecified atom stereocenters. The van der Waals surface area contributed by atoms with Crippen molar-refractivity contribution in [2.75, 3.05) is 22.5 Å². The molecular formula is C23H24N4O4S2. The first-order valence-corrected chi connectivity index (χ1v) is 13.1. The second-order valence-electron chi connectivity index (χ2n) is 7.80. The number of hydrogen-bond acceptors (Lipinski definition) is 7. The van der Waals surface area contributed by atoms with Gasteiger partial charge in [-0.1, -0.05) is 48.6 Å². The molecule has 2 heterocycles. The van der Waals surface area contributed by atoms with Crippen LogP contribution in [-0.4, -0.2) is 42.7 Å². The molecule has 0 radical (unpaired) electrons. The zero-order valence-corrected chi connectivity index (χ0v) is 19.7. The normalized spacial score (nSPS) is 16.2. The van der Waals surface area contributed by atoms with Gasteiger partial charge in [0.25, 0.3) is 0 Å². The van der Waals surface area contributed by atoms with Crippen LogP contribution in [0.3, 0.4) is 0 Å². The molecule has 2 amide bonds. The molecule has 1 atom stereocenters. The Kier molecular flexibility index (Phi) is 6.85. The lowest BCUT2D eigenvalue weighted by Gasteiger charge is -2.16. The zero-order chi connectivity index (χ0) is 23.4. The van der Waals surface area contributed by atoms with Crippen molar-refractivity contribution in [2.24, 2.45) is 0 Å². The van der Waals surface area contributed by atoms with Gasteiger partial charge in [-0.25, -0.2) is 8.42 Å². The van der Waals surface area contributed by atoms with Gasteiger partial charge < -0.3 is 10.2 Å². The molecule has 1 saturated heterocycles. The summed E-state index contributed by atoms with van der Waals surface area (Å²) in [7, 11) is -3.54. The highest BCUT2D eigenvalue weighted by atomic mass is 32.2. The Morgan fingerprint density at radius 3 is 2.55 bits per heavy atom. The number of carbonyl (C=O) groups excluding carboxylic acids is 2. The number of aryl methyl sites for hydroxylation is 1. The number of aromatic nitrogens is 2. The maximum atomic E-state index is 12.5. The number of anilines is 2. The molecule has 3 aromatic rings. The Balaban J connectivity index is 1.34. The van der Waals surface area contributed by atoms with E-state index in [-0.39, 0.29) is 28.9 Å². The van der Waals surface area contributed by atoms with E-state index in [0.29, 0.717) is 23.1 Å². The van der Waals surface area contributed by atoms with Gasteiger partial charge in [0, 0.05) is 31.0 Å². The fourth-order valence-corrected chi connectivity index (χ4v) is 5.75. The minimum absolute atomic E-state index is 0.0242. The van der Waals surface area contributed by atoms with E-state index in [2.05, 4.69) is 22.4 Å². The fraction of sp³-hybridized carbons (Fsp3) is 0.304. The maximum absolute atomic E-state index is 12.5. The number of hydrogen-bond donors (Lipinski definition) is 1. The molecule has 1 fully saturated rings. The van der Waals surface area contributed by atoms with Crippen LogP contribution in [0.1, 0.15) is 36.3 Å². The molecule has 2 aromatic carbocycles. The number of sulfone groups is 1. The summed E-state index contributed by atoms with van der Waals surface area (Å²) in [5, 5.41) is 11.7. The number of carbonyl (C=O) groups is 2. The summed E-state index contributed by atoms with van der Waals surface area (Å²) in [4.78, 5) is 26.8. The van der Waals surface area contributed by atoms with Gasteiger partial charge >= 0.3 is 0 Å². The largest absolute Gasteiger partial charge is 0.312 e. The van der Waals surface area contributed by atoms with E-state index in [0.717, 1.165) is 12.1 Å². The Morgan fingerprint density at radius 2 is 1.85 bits per heavy atom. The first-order valence-electron chi connectivity index (χ1n) is 10.7. The van der Waals surface area contributed by atoms with E-state index in [1.54, 1.807) is 23.1 Å². The highest BCUT2D eigenvalue weighted by Gasteiger charge is 2.34. The van der Waals surface area contributed by atoms with Crippen molar-refractivity contribution in [1.29, 1.82) is 0 Å². The predicted molar refractivity (Wildman–Crippen MR) is 127 cm³/mol. The lowest BCUT2D eigenvalue weighted by molar-refractivity contribution is -0.117. The quantitative estimate of drug-likeness (QED) is 0.525. The van der Waals surface area contributed by atoms with Crippen LogP contribution in [-0.2, 0) is 25.8 Å². The molecule has 0 spiro atoms. The highest BCUT2D eigenvalue weighted by Crippen LogP contribution is 2.34. The third-order valence-electron chi connectivity index (χ3n) is 5.52. The van der Waals surface area contributed by atoms with Crippen LogP contribution in [0.4, 0.5) is 10.8 Å². The number of nitrogens with one attached hydrogen (secondary N) is 1. The van der Waals surface area contributed by atoms with Crippen molar-refractivity contribution < 1.29 is 18.0 Å². The number of benzene rings is 2. The van der Waals surface area contributed by atoms with E-state index in [4.69, 9.17) is 0 Å². The average Bonchev–Trinajstić information content (AvgIpc) is 3.45. The van der Waals surface area contributed by atoms with Gasteiger partial charge in [0.05, 0.1) is 10.6 Å². The SMILES string of the molecule is CCc1ccc(N2C[C@@H](c3nnc(NC(=O)CCS(=O)(=O)c4ccccc4)s3)CC2=O)cc1. The van der Waals surface area contributed by atoms with Crippen molar-refractivity contribution in [1.82, 2.24) is 10.2 Å². The summed E-state index contributed by atoms with van der Waals surface area (Å²) >= 11 is 1.21. The van der Waals surface area contributed by atoms with Crippen LogP contribution >= 0.6 is 11.3 Å². The third-order valence-corrected chi connectivity index (χ3v) is 8.25. The Hall–Kier alpha value is -3.11. The molecule has 1 aromatic heterocycles. The number of rotatable bonds is 8. The summed E-state index contributed by atoms with van der Waals surface area (Å²) in [5.74, 6) is -0.823. The van der Waals surface area contributed by atoms with Crippen LogP contribution in [0, 0.1) is 0 Å². The van der Waals surface area contributed by atoms with E-state index in [9.17, 15) is 18.0 Å². The predicted octanol–water partition coefficient (Wildman–Crippen LogP) is 3.42. The van der Waals surface area contributed by atoms with Crippen LogP contribution < -0.4 is 10.2 Å². The monoisotopic (exact) mass is 484 g/mol. The summed E-state index contributed by atoms with van der Waals surface area (Å²) in [6.45, 7) is 2.59. The molecule has 8 nitrogen and oxygen atoms in total. The number of nitrogens with zero attached hydrogens (tertiary/aromatic N) is 3. The topological polar surface area (TPSA) is 109 Å². The van der Waals surface area contributed by atoms with Gasteiger partial charge in [-0.05, 0) is 36.2 Å². The van der Waals surface area contributed by atoms with E-state index >= 15 is 0 Å². The maximum Gasteiger partial charge on any atom is 0.227 e. The molecule has 0 saturated carbocycles. The first-order chi connectivity index (χ1) is 15.9. The zero-order valence-electron chi connectivity index (χ0n) is 18.1. The Bertz CT molecular complexity index is 1240. The van der Waals surface area contributed by atoms with E-state index < -0.39 is 15.7 Å². The minimum atomic E-state index is -3.54. The molecule has 0 aliphatic carbocycles. The first kappa shape index (κ1) is 23.1. The van der Waals surface area contributed by atoms with Crippen molar-refractivity contribution in [3.63, 3.8) is 0 Å². The summed E-state index contributed by atoms with van der Waals surface area (Å²) < 4.78 is 24.7. The molecule has 0 bridgehead atoms. The van der Waals surface area contributed by atoms with Gasteiger partial charge in [0.15, 0.2) is 9.84 Å². The molecule has 4 rings (SSSR count). The lowest BCUT2D eigenvalue weighted by atomic mass is 10.1. The smallest absolute Gasteiger partial charge is 0.227 e. The van der Waals surface area contributed by atoms with Crippen molar-refractivity contribution in [2.45, 2.75) is 37.0 Å². The molecular weight excluding hydrogens is 460 g/mol. The molecule has 10 heteroatoms. The number of amides is 2. The molecule has 1 aliphatic rings. The van der Waals surface area contributed by atoms with Crippen molar-refractivity contribution >= 4 is 43.8 Å². The van der Waals surface area contributed by atoms with Crippen molar-refractivity contribution in [3.05, 3.63) is 65.2 Å². The van der Waals surface area contributed by atoms with Crippen molar-refractivity contribution in [3.8, 4) is 0 Å². The molecule has 1 N–H and O–H groups in total.